The number of nitrogens with zero attached hydrogens (tertiary/aromatic N) is 2. The normalized spacial score (nSPS) is 17.7. The third-order valence-corrected chi connectivity index (χ3v) is 6.02. The fourth-order valence-corrected chi connectivity index (χ4v) is 4.20. The largest absolute Gasteiger partial charge is 0.379 e. The number of amides is 2. The lowest BCUT2D eigenvalue weighted by Gasteiger charge is -2.26. The summed E-state index contributed by atoms with van der Waals surface area (Å²) in [6, 6.07) is 15.0. The van der Waals surface area contributed by atoms with Crippen molar-refractivity contribution in [2.75, 3.05) is 44.7 Å². The number of likely N-dealkylation sites (tertiary alicyclic amines) is 1. The van der Waals surface area contributed by atoms with Crippen molar-refractivity contribution in [3.05, 3.63) is 65.2 Å². The molecule has 0 aromatic heterocycles. The van der Waals surface area contributed by atoms with Crippen LogP contribution in [-0.2, 0) is 11.3 Å². The van der Waals surface area contributed by atoms with Gasteiger partial charge in [0.1, 0.15) is 0 Å². The molecule has 0 spiro atoms. The van der Waals surface area contributed by atoms with Crippen molar-refractivity contribution in [2.24, 2.45) is 0 Å². The molecule has 164 valence electrons. The van der Waals surface area contributed by atoms with Crippen LogP contribution in [0.3, 0.4) is 0 Å². The number of morpholine rings is 1. The molecule has 0 radical (unpaired) electrons. The molecule has 1 N–H and O–H groups in total. The minimum atomic E-state index is -0.200. The van der Waals surface area contributed by atoms with Crippen molar-refractivity contribution in [3.63, 3.8) is 0 Å². The summed E-state index contributed by atoms with van der Waals surface area (Å²) in [6.45, 7) is 5.84. The molecule has 6 nitrogen and oxygen atoms in total. The molecule has 2 amide bonds. The van der Waals surface area contributed by atoms with Crippen molar-refractivity contribution >= 4 is 17.5 Å². The first-order valence-electron chi connectivity index (χ1n) is 11.3. The van der Waals surface area contributed by atoms with Gasteiger partial charge in [0.05, 0.1) is 24.5 Å². The van der Waals surface area contributed by atoms with Crippen molar-refractivity contribution in [3.8, 4) is 0 Å². The number of carbonyl (C=O) groups is 2. The van der Waals surface area contributed by atoms with Crippen molar-refractivity contribution < 1.29 is 14.3 Å². The van der Waals surface area contributed by atoms with E-state index in [1.807, 2.05) is 41.3 Å². The molecule has 31 heavy (non-hydrogen) atoms. The molecule has 2 aromatic carbocycles. The van der Waals surface area contributed by atoms with Crippen LogP contribution in [0.1, 0.15) is 52.0 Å². The Kier molecular flexibility index (Phi) is 7.33. The summed E-state index contributed by atoms with van der Waals surface area (Å²) in [5.41, 5.74) is 2.89. The molecule has 2 aliphatic rings. The van der Waals surface area contributed by atoms with E-state index in [1.165, 1.54) is 18.4 Å². The number of ether oxygens (including phenoxy) is 1. The number of para-hydroxylation sites is 1. The van der Waals surface area contributed by atoms with Gasteiger partial charge in [-0.1, -0.05) is 37.1 Å². The highest BCUT2D eigenvalue weighted by atomic mass is 16.5. The standard InChI is InChI=1S/C25H31N3O3/c29-24(21-11-9-20(10-12-21)19-27-15-17-31-18-16-27)26-23-8-4-3-7-22(23)25(30)28-13-5-1-2-6-14-28/h3-4,7-12H,1-2,5-6,13-19H2,(H,26,29). The lowest BCUT2D eigenvalue weighted by molar-refractivity contribution is 0.0342. The lowest BCUT2D eigenvalue weighted by Crippen LogP contribution is -2.35. The Morgan fingerprint density at radius 1 is 0.839 bits per heavy atom. The Labute approximate surface area is 184 Å². The van der Waals surface area contributed by atoms with Crippen LogP contribution in [0.2, 0.25) is 0 Å². The molecular weight excluding hydrogens is 390 g/mol. The number of benzene rings is 2. The number of hydrogen-bond donors (Lipinski definition) is 1. The quantitative estimate of drug-likeness (QED) is 0.798. The van der Waals surface area contributed by atoms with Gasteiger partial charge in [0.2, 0.25) is 0 Å². The smallest absolute Gasteiger partial charge is 0.255 e. The predicted octanol–water partition coefficient (Wildman–Crippen LogP) is 3.79. The molecule has 2 saturated heterocycles. The zero-order chi connectivity index (χ0) is 21.5. The second-order valence-electron chi connectivity index (χ2n) is 8.29. The summed E-state index contributed by atoms with van der Waals surface area (Å²) >= 11 is 0. The highest BCUT2D eigenvalue weighted by molar-refractivity contribution is 6.09. The van der Waals surface area contributed by atoms with E-state index >= 15 is 0 Å². The van der Waals surface area contributed by atoms with Crippen molar-refractivity contribution in [1.82, 2.24) is 9.80 Å². The molecular formula is C25H31N3O3. The van der Waals surface area contributed by atoms with E-state index in [4.69, 9.17) is 4.74 Å². The first-order chi connectivity index (χ1) is 15.2. The monoisotopic (exact) mass is 421 g/mol. The summed E-state index contributed by atoms with van der Waals surface area (Å²) in [5, 5.41) is 2.95. The first kappa shape index (κ1) is 21.5. The highest BCUT2D eigenvalue weighted by Crippen LogP contribution is 2.21. The van der Waals surface area contributed by atoms with Gasteiger partial charge in [-0.3, -0.25) is 14.5 Å². The number of nitrogens with one attached hydrogen (secondary N) is 1. The van der Waals surface area contributed by atoms with Crippen LogP contribution in [0.5, 0.6) is 0 Å². The van der Waals surface area contributed by atoms with Crippen LogP contribution in [0.4, 0.5) is 5.69 Å². The molecule has 6 heteroatoms. The Morgan fingerprint density at radius 3 is 2.23 bits per heavy atom. The van der Waals surface area contributed by atoms with Crippen LogP contribution in [0.15, 0.2) is 48.5 Å². The third-order valence-electron chi connectivity index (χ3n) is 6.02. The van der Waals surface area contributed by atoms with Crippen molar-refractivity contribution in [2.45, 2.75) is 32.2 Å². The fourth-order valence-electron chi connectivity index (χ4n) is 4.20. The van der Waals surface area contributed by atoms with Gasteiger partial charge in [-0.25, -0.2) is 0 Å². The summed E-state index contributed by atoms with van der Waals surface area (Å²) in [5.74, 6) is -0.201. The molecule has 2 aliphatic heterocycles. The Morgan fingerprint density at radius 2 is 1.52 bits per heavy atom. The number of carbonyl (C=O) groups excluding carboxylic acids is 2. The Balaban J connectivity index is 1.42. The molecule has 0 unspecified atom stereocenters. The molecule has 2 aromatic rings. The average Bonchev–Trinajstić information content (AvgIpc) is 3.10. The topological polar surface area (TPSA) is 61.9 Å². The van der Waals surface area contributed by atoms with Crippen LogP contribution in [-0.4, -0.2) is 61.0 Å². The maximum Gasteiger partial charge on any atom is 0.255 e. The van der Waals surface area contributed by atoms with Gasteiger partial charge >= 0.3 is 0 Å². The third kappa shape index (κ3) is 5.71. The van der Waals surface area contributed by atoms with E-state index in [1.54, 1.807) is 12.1 Å². The van der Waals surface area contributed by atoms with E-state index in [0.717, 1.165) is 58.8 Å². The predicted molar refractivity (Wildman–Crippen MR) is 121 cm³/mol. The number of rotatable bonds is 5. The molecule has 2 heterocycles. The average molecular weight is 422 g/mol. The van der Waals surface area contributed by atoms with E-state index in [0.29, 0.717) is 16.8 Å². The Bertz CT molecular complexity index is 883. The van der Waals surface area contributed by atoms with E-state index < -0.39 is 0 Å². The summed E-state index contributed by atoms with van der Waals surface area (Å²) in [6.07, 6.45) is 4.42. The van der Waals surface area contributed by atoms with Crippen LogP contribution < -0.4 is 5.32 Å². The van der Waals surface area contributed by atoms with Crippen LogP contribution in [0.25, 0.3) is 0 Å². The highest BCUT2D eigenvalue weighted by Gasteiger charge is 2.21. The fraction of sp³-hybridized carbons (Fsp3) is 0.440. The van der Waals surface area contributed by atoms with Crippen LogP contribution >= 0.6 is 0 Å². The van der Waals surface area contributed by atoms with Crippen LogP contribution in [0, 0.1) is 0 Å². The SMILES string of the molecule is O=C(Nc1ccccc1C(=O)N1CCCCCC1)c1ccc(CN2CCOCC2)cc1. The maximum atomic E-state index is 13.1. The summed E-state index contributed by atoms with van der Waals surface area (Å²) < 4.78 is 5.39. The van der Waals surface area contributed by atoms with Gasteiger partial charge in [0, 0.05) is 38.3 Å². The molecule has 2 fully saturated rings. The van der Waals surface area contributed by atoms with Gasteiger partial charge in [-0.2, -0.15) is 0 Å². The molecule has 0 saturated carbocycles. The van der Waals surface area contributed by atoms with Gasteiger partial charge in [0.15, 0.2) is 0 Å². The molecule has 0 bridgehead atoms. The Hall–Kier alpha value is -2.70. The lowest BCUT2D eigenvalue weighted by atomic mass is 10.1. The van der Waals surface area contributed by atoms with Gasteiger partial charge < -0.3 is 15.0 Å². The van der Waals surface area contributed by atoms with Gasteiger partial charge in [0.25, 0.3) is 11.8 Å². The molecule has 4 rings (SSSR count). The minimum Gasteiger partial charge on any atom is -0.379 e. The second-order valence-corrected chi connectivity index (χ2v) is 8.29. The minimum absolute atomic E-state index is 0.00124. The number of anilines is 1. The summed E-state index contributed by atoms with van der Waals surface area (Å²) in [4.78, 5) is 30.2. The first-order valence-corrected chi connectivity index (χ1v) is 11.3. The molecule has 0 atom stereocenters. The zero-order valence-electron chi connectivity index (χ0n) is 18.0. The van der Waals surface area contributed by atoms with Crippen molar-refractivity contribution in [1.29, 1.82) is 0 Å². The zero-order valence-corrected chi connectivity index (χ0v) is 18.0. The summed E-state index contributed by atoms with van der Waals surface area (Å²) in [7, 11) is 0. The number of hydrogen-bond acceptors (Lipinski definition) is 4. The van der Waals surface area contributed by atoms with E-state index in [9.17, 15) is 9.59 Å². The maximum absolute atomic E-state index is 13.1. The van der Waals surface area contributed by atoms with Gasteiger partial charge in [-0.15, -0.1) is 0 Å². The van der Waals surface area contributed by atoms with E-state index in [2.05, 4.69) is 10.2 Å². The second kappa shape index (κ2) is 10.6. The van der Waals surface area contributed by atoms with Gasteiger partial charge in [-0.05, 0) is 42.7 Å². The molecule has 0 aliphatic carbocycles. The van der Waals surface area contributed by atoms with E-state index in [-0.39, 0.29) is 11.8 Å².